The Labute approximate surface area is 141 Å². The van der Waals surface area contributed by atoms with Gasteiger partial charge in [0.25, 0.3) is 0 Å². The second-order valence-corrected chi connectivity index (χ2v) is 5.52. The fourth-order valence-corrected chi connectivity index (χ4v) is 2.32. The molecule has 2 N–H and O–H groups in total. The second-order valence-electron chi connectivity index (χ2n) is 5.52. The number of phenolic OH excluding ortho intramolecular Hbond substituents is 2. The summed E-state index contributed by atoms with van der Waals surface area (Å²) < 4.78 is 0. The average Bonchev–Trinajstić information content (AvgIpc) is 2.61. The van der Waals surface area contributed by atoms with E-state index >= 15 is 0 Å². The molecular weight excluding hydrogens is 296 g/mol. The summed E-state index contributed by atoms with van der Waals surface area (Å²) in [6, 6.07) is 22.4. The van der Waals surface area contributed by atoms with Crippen LogP contribution in [0.3, 0.4) is 0 Å². The van der Waals surface area contributed by atoms with Gasteiger partial charge in [-0.05, 0) is 52.6 Å². The minimum Gasteiger partial charge on any atom is -0.508 e. The van der Waals surface area contributed by atoms with E-state index < -0.39 is 0 Å². The number of benzene rings is 3. The Bertz CT molecular complexity index is 786. The molecule has 0 aliphatic rings. The van der Waals surface area contributed by atoms with Crippen LogP contribution >= 0.6 is 0 Å². The third-order valence-corrected chi connectivity index (χ3v) is 3.63. The van der Waals surface area contributed by atoms with Gasteiger partial charge in [0.15, 0.2) is 0 Å². The van der Waals surface area contributed by atoms with Crippen molar-refractivity contribution in [2.24, 2.45) is 0 Å². The summed E-state index contributed by atoms with van der Waals surface area (Å²) >= 11 is 0. The molecule has 118 valence electrons. The predicted octanol–water partition coefficient (Wildman–Crippen LogP) is 5.44. The van der Waals surface area contributed by atoms with Gasteiger partial charge < -0.3 is 10.2 Å². The van der Waals surface area contributed by atoms with Gasteiger partial charge in [-0.25, -0.2) is 0 Å². The van der Waals surface area contributed by atoms with Crippen LogP contribution < -0.4 is 0 Å². The Morgan fingerprint density at radius 1 is 0.458 bits per heavy atom. The highest BCUT2D eigenvalue weighted by atomic mass is 16.3. The molecule has 3 aromatic rings. The zero-order chi connectivity index (χ0) is 16.8. The highest BCUT2D eigenvalue weighted by Gasteiger charge is 1.93. The maximum Gasteiger partial charge on any atom is 0.115 e. The Hall–Kier alpha value is -3.26. The molecule has 0 radical (unpaired) electrons. The Balaban J connectivity index is 1.74. The molecule has 0 atom stereocenters. The van der Waals surface area contributed by atoms with Gasteiger partial charge in [-0.1, -0.05) is 66.8 Å². The van der Waals surface area contributed by atoms with E-state index in [0.29, 0.717) is 0 Å². The van der Waals surface area contributed by atoms with E-state index in [2.05, 4.69) is 18.2 Å². The van der Waals surface area contributed by atoms with Crippen LogP contribution in [0.15, 0.2) is 72.8 Å². The van der Waals surface area contributed by atoms with E-state index in [0.717, 1.165) is 22.3 Å². The number of phenols is 2. The molecule has 0 aromatic heterocycles. The summed E-state index contributed by atoms with van der Waals surface area (Å²) in [5.74, 6) is 0.544. The molecule has 3 rings (SSSR count). The lowest BCUT2D eigenvalue weighted by Gasteiger charge is -1.99. The molecule has 0 saturated heterocycles. The SMILES string of the molecule is Oc1ccc(C=Cc2cccc(C=Cc3ccc(O)cc3)c2)cc1. The molecule has 0 unspecified atom stereocenters. The van der Waals surface area contributed by atoms with Gasteiger partial charge in [0.05, 0.1) is 0 Å². The first-order valence-corrected chi connectivity index (χ1v) is 7.73. The van der Waals surface area contributed by atoms with Crippen molar-refractivity contribution in [2.75, 3.05) is 0 Å². The van der Waals surface area contributed by atoms with Crippen LogP contribution in [-0.4, -0.2) is 10.2 Å². The van der Waals surface area contributed by atoms with E-state index in [-0.39, 0.29) is 11.5 Å². The standard InChI is InChI=1S/C22H18O2/c23-21-12-8-17(9-13-21)4-6-19-2-1-3-20(16-19)7-5-18-10-14-22(24)15-11-18/h1-16,23-24H. The van der Waals surface area contributed by atoms with Crippen LogP contribution in [0, 0.1) is 0 Å². The van der Waals surface area contributed by atoms with Crippen molar-refractivity contribution in [1.29, 1.82) is 0 Å². The lowest BCUT2D eigenvalue weighted by atomic mass is 10.1. The smallest absolute Gasteiger partial charge is 0.115 e. The van der Waals surface area contributed by atoms with Crippen molar-refractivity contribution < 1.29 is 10.2 Å². The average molecular weight is 314 g/mol. The fourth-order valence-electron chi connectivity index (χ4n) is 2.32. The topological polar surface area (TPSA) is 40.5 Å². The van der Waals surface area contributed by atoms with Gasteiger partial charge >= 0.3 is 0 Å². The molecule has 2 nitrogen and oxygen atoms in total. The number of hydrogen-bond donors (Lipinski definition) is 2. The molecule has 0 bridgehead atoms. The summed E-state index contributed by atoms with van der Waals surface area (Å²) in [4.78, 5) is 0. The van der Waals surface area contributed by atoms with Crippen molar-refractivity contribution in [3.63, 3.8) is 0 Å². The summed E-state index contributed by atoms with van der Waals surface area (Å²) in [5, 5.41) is 18.6. The monoisotopic (exact) mass is 314 g/mol. The van der Waals surface area contributed by atoms with E-state index in [1.807, 2.05) is 54.6 Å². The van der Waals surface area contributed by atoms with Crippen LogP contribution in [0.5, 0.6) is 11.5 Å². The third-order valence-electron chi connectivity index (χ3n) is 3.63. The first-order valence-electron chi connectivity index (χ1n) is 7.73. The van der Waals surface area contributed by atoms with Gasteiger partial charge in [-0.2, -0.15) is 0 Å². The van der Waals surface area contributed by atoms with Gasteiger partial charge in [-0.3, -0.25) is 0 Å². The summed E-state index contributed by atoms with van der Waals surface area (Å²) in [6.07, 6.45) is 8.12. The van der Waals surface area contributed by atoms with Gasteiger partial charge in [-0.15, -0.1) is 0 Å². The van der Waals surface area contributed by atoms with Gasteiger partial charge in [0.1, 0.15) is 11.5 Å². The number of hydrogen-bond acceptors (Lipinski definition) is 2. The molecule has 0 aliphatic carbocycles. The van der Waals surface area contributed by atoms with Crippen molar-refractivity contribution in [3.8, 4) is 11.5 Å². The molecule has 0 aliphatic heterocycles. The van der Waals surface area contributed by atoms with Gasteiger partial charge in [0, 0.05) is 0 Å². The van der Waals surface area contributed by atoms with E-state index in [9.17, 15) is 10.2 Å². The number of rotatable bonds is 4. The van der Waals surface area contributed by atoms with E-state index in [1.165, 1.54) is 0 Å². The summed E-state index contributed by atoms with van der Waals surface area (Å²) in [7, 11) is 0. The minimum atomic E-state index is 0.272. The molecule has 0 saturated carbocycles. The molecule has 2 heteroatoms. The van der Waals surface area contributed by atoms with Crippen LogP contribution in [0.4, 0.5) is 0 Å². The lowest BCUT2D eigenvalue weighted by Crippen LogP contribution is -1.77. The molecule has 0 spiro atoms. The normalized spacial score (nSPS) is 11.3. The Kier molecular flexibility index (Phi) is 4.78. The maximum atomic E-state index is 9.30. The van der Waals surface area contributed by atoms with Crippen molar-refractivity contribution >= 4 is 24.3 Å². The molecule has 24 heavy (non-hydrogen) atoms. The quantitative estimate of drug-likeness (QED) is 0.630. The third kappa shape index (κ3) is 4.37. The highest BCUT2D eigenvalue weighted by molar-refractivity contribution is 5.74. The molecule has 0 heterocycles. The Morgan fingerprint density at radius 2 is 0.833 bits per heavy atom. The predicted molar refractivity (Wildman–Crippen MR) is 101 cm³/mol. The highest BCUT2D eigenvalue weighted by Crippen LogP contribution is 2.16. The number of aromatic hydroxyl groups is 2. The summed E-state index contributed by atoms with van der Waals surface area (Å²) in [5.41, 5.74) is 4.29. The van der Waals surface area contributed by atoms with Crippen LogP contribution in [-0.2, 0) is 0 Å². The maximum absolute atomic E-state index is 9.30. The molecular formula is C22H18O2. The van der Waals surface area contributed by atoms with E-state index in [1.54, 1.807) is 24.3 Å². The van der Waals surface area contributed by atoms with Crippen molar-refractivity contribution in [2.45, 2.75) is 0 Å². The van der Waals surface area contributed by atoms with Crippen molar-refractivity contribution in [1.82, 2.24) is 0 Å². The fraction of sp³-hybridized carbons (Fsp3) is 0. The zero-order valence-corrected chi connectivity index (χ0v) is 13.1. The van der Waals surface area contributed by atoms with Crippen molar-refractivity contribution in [3.05, 3.63) is 95.1 Å². The lowest BCUT2D eigenvalue weighted by molar-refractivity contribution is 0.474. The Morgan fingerprint density at radius 3 is 1.25 bits per heavy atom. The van der Waals surface area contributed by atoms with Gasteiger partial charge in [0.2, 0.25) is 0 Å². The molecule has 0 amide bonds. The van der Waals surface area contributed by atoms with E-state index in [4.69, 9.17) is 0 Å². The van der Waals surface area contributed by atoms with Crippen LogP contribution in [0.2, 0.25) is 0 Å². The molecule has 3 aromatic carbocycles. The molecule has 0 fully saturated rings. The van der Waals surface area contributed by atoms with Crippen LogP contribution in [0.1, 0.15) is 22.3 Å². The first-order chi connectivity index (χ1) is 11.7. The second kappa shape index (κ2) is 7.34. The summed E-state index contributed by atoms with van der Waals surface area (Å²) in [6.45, 7) is 0. The minimum absolute atomic E-state index is 0.272. The zero-order valence-electron chi connectivity index (χ0n) is 13.1. The largest absolute Gasteiger partial charge is 0.508 e. The first kappa shape index (κ1) is 15.6. The van der Waals surface area contributed by atoms with Crippen LogP contribution in [0.25, 0.3) is 24.3 Å².